The summed E-state index contributed by atoms with van der Waals surface area (Å²) in [5, 5.41) is 2.63. The molecule has 0 saturated carbocycles. The van der Waals surface area contributed by atoms with Gasteiger partial charge in [-0.15, -0.1) is 0 Å². The zero-order chi connectivity index (χ0) is 20.1. The summed E-state index contributed by atoms with van der Waals surface area (Å²) in [5.74, 6) is 0. The van der Waals surface area contributed by atoms with Gasteiger partial charge in [0.15, 0.2) is 12.7 Å². The third-order valence-corrected chi connectivity index (χ3v) is 6.62. The minimum absolute atomic E-state index is 1.01. The van der Waals surface area contributed by atoms with Gasteiger partial charge in [0.25, 0.3) is 0 Å². The number of aromatic nitrogens is 2. The summed E-state index contributed by atoms with van der Waals surface area (Å²) in [5.41, 5.74) is 12.2. The van der Waals surface area contributed by atoms with E-state index in [4.69, 9.17) is 4.98 Å². The SMILES string of the molecule is CCc1c(C)c(C)c2c(c1-c1cc(C)ccn1)-c1c3ccccc3cc[n+]1CC2. The lowest BCUT2D eigenvalue weighted by Crippen LogP contribution is -2.40. The third-order valence-electron chi connectivity index (χ3n) is 6.62. The molecule has 0 spiro atoms. The van der Waals surface area contributed by atoms with Gasteiger partial charge in [0.2, 0.25) is 5.69 Å². The van der Waals surface area contributed by atoms with Crippen LogP contribution in [-0.2, 0) is 19.4 Å². The Balaban J connectivity index is 1.99. The molecule has 1 aliphatic heterocycles. The normalized spacial score (nSPS) is 12.7. The van der Waals surface area contributed by atoms with Crippen LogP contribution in [0.15, 0.2) is 54.9 Å². The Bertz CT molecular complexity index is 1270. The van der Waals surface area contributed by atoms with E-state index < -0.39 is 0 Å². The molecule has 2 aromatic heterocycles. The number of benzene rings is 2. The van der Waals surface area contributed by atoms with Gasteiger partial charge in [0, 0.05) is 24.2 Å². The molecule has 0 saturated heterocycles. The van der Waals surface area contributed by atoms with Crippen LogP contribution in [0.25, 0.3) is 33.3 Å². The number of hydrogen-bond acceptors (Lipinski definition) is 1. The van der Waals surface area contributed by atoms with Crippen molar-refractivity contribution in [1.29, 1.82) is 0 Å². The van der Waals surface area contributed by atoms with Gasteiger partial charge < -0.3 is 0 Å². The molecule has 1 aliphatic rings. The van der Waals surface area contributed by atoms with Gasteiger partial charge in [0.05, 0.1) is 16.6 Å². The van der Waals surface area contributed by atoms with Gasteiger partial charge in [-0.25, -0.2) is 0 Å². The van der Waals surface area contributed by atoms with Crippen molar-refractivity contribution in [2.45, 2.75) is 47.1 Å². The largest absolute Gasteiger partial charge is 0.256 e. The second-order valence-electron chi connectivity index (χ2n) is 8.22. The first-order valence-electron chi connectivity index (χ1n) is 10.6. The van der Waals surface area contributed by atoms with Gasteiger partial charge in [-0.1, -0.05) is 25.1 Å². The van der Waals surface area contributed by atoms with Crippen LogP contribution in [0.4, 0.5) is 0 Å². The average Bonchev–Trinajstić information content (AvgIpc) is 2.75. The maximum Gasteiger partial charge on any atom is 0.221 e. The lowest BCUT2D eigenvalue weighted by atomic mass is 9.80. The number of fused-ring (bicyclic) bond motifs is 5. The second-order valence-corrected chi connectivity index (χ2v) is 8.22. The molecule has 29 heavy (non-hydrogen) atoms. The zero-order valence-corrected chi connectivity index (χ0v) is 17.7. The van der Waals surface area contributed by atoms with E-state index in [1.54, 1.807) is 0 Å². The molecule has 0 amide bonds. The molecule has 4 aromatic rings. The lowest BCUT2D eigenvalue weighted by Gasteiger charge is -2.26. The third kappa shape index (κ3) is 2.70. The monoisotopic (exact) mass is 379 g/mol. The molecule has 2 heteroatoms. The summed E-state index contributed by atoms with van der Waals surface area (Å²) in [7, 11) is 0. The molecule has 3 heterocycles. The van der Waals surface area contributed by atoms with Gasteiger partial charge in [-0.3, -0.25) is 4.98 Å². The van der Waals surface area contributed by atoms with Crippen molar-refractivity contribution in [3.63, 3.8) is 0 Å². The van der Waals surface area contributed by atoms with Crippen LogP contribution >= 0.6 is 0 Å². The maximum absolute atomic E-state index is 4.84. The fourth-order valence-corrected chi connectivity index (χ4v) is 5.06. The summed E-state index contributed by atoms with van der Waals surface area (Å²) in [6.45, 7) is 10.1. The highest BCUT2D eigenvalue weighted by Gasteiger charge is 2.32. The molecule has 2 nitrogen and oxygen atoms in total. The van der Waals surface area contributed by atoms with E-state index in [1.807, 2.05) is 6.20 Å². The quantitative estimate of drug-likeness (QED) is 0.396. The van der Waals surface area contributed by atoms with Crippen molar-refractivity contribution in [2.24, 2.45) is 0 Å². The van der Waals surface area contributed by atoms with Gasteiger partial charge in [0.1, 0.15) is 0 Å². The minimum Gasteiger partial charge on any atom is -0.256 e. The predicted molar refractivity (Wildman–Crippen MR) is 120 cm³/mol. The minimum atomic E-state index is 1.01. The van der Waals surface area contributed by atoms with E-state index in [0.29, 0.717) is 0 Å². The lowest BCUT2D eigenvalue weighted by molar-refractivity contribution is -0.686. The molecule has 5 rings (SSSR count). The molecule has 0 unspecified atom stereocenters. The molecule has 0 atom stereocenters. The zero-order valence-electron chi connectivity index (χ0n) is 17.7. The number of hydrogen-bond donors (Lipinski definition) is 0. The summed E-state index contributed by atoms with van der Waals surface area (Å²) in [6, 6.07) is 15.3. The van der Waals surface area contributed by atoms with Crippen LogP contribution in [0.5, 0.6) is 0 Å². The highest BCUT2D eigenvalue weighted by molar-refractivity contribution is 5.99. The Hall–Kier alpha value is -3.00. The maximum atomic E-state index is 4.84. The standard InChI is InChI=1S/C27H27N2/c1-5-21-18(3)19(4)22-12-15-29-14-11-20-8-6-7-9-23(20)27(29)26(22)25(21)24-16-17(2)10-13-28-24/h6-11,13-14,16H,5,12,15H2,1-4H3/q+1. The topological polar surface area (TPSA) is 16.8 Å². The van der Waals surface area contributed by atoms with Crippen molar-refractivity contribution in [1.82, 2.24) is 4.98 Å². The summed E-state index contributed by atoms with van der Waals surface area (Å²) in [6.07, 6.45) is 6.29. The molecule has 2 aromatic carbocycles. The predicted octanol–water partition coefficient (Wildman–Crippen LogP) is 5.90. The van der Waals surface area contributed by atoms with Gasteiger partial charge in [-0.05, 0) is 78.6 Å². The Morgan fingerprint density at radius 2 is 1.79 bits per heavy atom. The number of aryl methyl sites for hydroxylation is 2. The Morgan fingerprint density at radius 1 is 0.966 bits per heavy atom. The van der Waals surface area contributed by atoms with Crippen molar-refractivity contribution in [3.8, 4) is 22.5 Å². The van der Waals surface area contributed by atoms with Crippen LogP contribution in [-0.4, -0.2) is 4.98 Å². The molecule has 0 bridgehead atoms. The Kier molecular flexibility index (Phi) is 4.24. The van der Waals surface area contributed by atoms with Crippen molar-refractivity contribution >= 4 is 10.8 Å². The second kappa shape index (κ2) is 6.81. The Morgan fingerprint density at radius 3 is 2.59 bits per heavy atom. The van der Waals surface area contributed by atoms with E-state index in [-0.39, 0.29) is 0 Å². The van der Waals surface area contributed by atoms with Crippen LogP contribution in [0.3, 0.4) is 0 Å². The van der Waals surface area contributed by atoms with E-state index in [0.717, 1.165) is 25.1 Å². The van der Waals surface area contributed by atoms with Crippen LogP contribution in [0.2, 0.25) is 0 Å². The average molecular weight is 380 g/mol. The van der Waals surface area contributed by atoms with Crippen molar-refractivity contribution in [2.75, 3.05) is 0 Å². The highest BCUT2D eigenvalue weighted by atomic mass is 15.0. The number of pyridine rings is 2. The summed E-state index contributed by atoms with van der Waals surface area (Å²) >= 11 is 0. The molecular formula is C27H27N2+. The first kappa shape index (κ1) is 18.1. The molecule has 144 valence electrons. The van der Waals surface area contributed by atoms with E-state index in [1.165, 1.54) is 55.4 Å². The summed E-state index contributed by atoms with van der Waals surface area (Å²) in [4.78, 5) is 4.84. The Labute approximate surface area is 172 Å². The van der Waals surface area contributed by atoms with Gasteiger partial charge in [-0.2, -0.15) is 4.57 Å². The van der Waals surface area contributed by atoms with Crippen molar-refractivity contribution in [3.05, 3.63) is 82.7 Å². The number of nitrogens with zero attached hydrogens (tertiary/aromatic N) is 2. The van der Waals surface area contributed by atoms with Gasteiger partial charge >= 0.3 is 0 Å². The fraction of sp³-hybridized carbons (Fsp3) is 0.259. The van der Waals surface area contributed by atoms with Crippen LogP contribution in [0, 0.1) is 20.8 Å². The first-order valence-corrected chi connectivity index (χ1v) is 10.6. The van der Waals surface area contributed by atoms with E-state index in [2.05, 4.69) is 80.9 Å². The molecule has 0 fully saturated rings. The summed E-state index contributed by atoms with van der Waals surface area (Å²) < 4.78 is 2.44. The molecule has 0 aliphatic carbocycles. The van der Waals surface area contributed by atoms with Crippen molar-refractivity contribution < 1.29 is 4.57 Å². The highest BCUT2D eigenvalue weighted by Crippen LogP contribution is 2.43. The molecule has 0 radical (unpaired) electrons. The number of rotatable bonds is 2. The van der Waals surface area contributed by atoms with E-state index in [9.17, 15) is 0 Å². The van der Waals surface area contributed by atoms with Crippen LogP contribution in [0.1, 0.15) is 34.7 Å². The molecule has 0 N–H and O–H groups in total. The van der Waals surface area contributed by atoms with Crippen LogP contribution < -0.4 is 4.57 Å². The van der Waals surface area contributed by atoms with E-state index >= 15 is 0 Å². The molecular weight excluding hydrogens is 352 g/mol. The first-order chi connectivity index (χ1) is 14.1. The smallest absolute Gasteiger partial charge is 0.221 e. The fourth-order valence-electron chi connectivity index (χ4n) is 5.06.